The Balaban J connectivity index is 2.55. The van der Waals surface area contributed by atoms with Crippen molar-refractivity contribution in [3.63, 3.8) is 0 Å². The van der Waals surface area contributed by atoms with Gasteiger partial charge >= 0.3 is 12.0 Å². The minimum Gasteiger partial charge on any atom is -0.481 e. The largest absolute Gasteiger partial charge is 0.481 e. The van der Waals surface area contributed by atoms with E-state index in [4.69, 9.17) is 10.8 Å². The van der Waals surface area contributed by atoms with Gasteiger partial charge in [0, 0.05) is 19.1 Å². The second-order valence-electron chi connectivity index (χ2n) is 5.25. The first-order chi connectivity index (χ1) is 8.78. The van der Waals surface area contributed by atoms with Gasteiger partial charge in [0.15, 0.2) is 0 Å². The van der Waals surface area contributed by atoms with Crippen molar-refractivity contribution >= 4 is 17.9 Å². The maximum absolute atomic E-state index is 12.0. The summed E-state index contributed by atoms with van der Waals surface area (Å²) in [6.07, 6.45) is 0.966. The number of carbonyl (C=O) groups is 3. The van der Waals surface area contributed by atoms with Crippen molar-refractivity contribution in [3.8, 4) is 0 Å². The van der Waals surface area contributed by atoms with Gasteiger partial charge in [-0.25, -0.2) is 4.79 Å². The van der Waals surface area contributed by atoms with Gasteiger partial charge in [0.05, 0.1) is 11.8 Å². The van der Waals surface area contributed by atoms with Gasteiger partial charge in [-0.3, -0.25) is 9.59 Å². The second kappa shape index (κ2) is 5.90. The number of hydrogen-bond donors (Lipinski definition) is 3. The quantitative estimate of drug-likeness (QED) is 0.660. The lowest BCUT2D eigenvalue weighted by Crippen LogP contribution is -2.46. The van der Waals surface area contributed by atoms with Gasteiger partial charge in [-0.2, -0.15) is 0 Å². The number of carboxylic acids is 1. The third-order valence-electron chi connectivity index (χ3n) is 3.60. The van der Waals surface area contributed by atoms with E-state index in [1.54, 1.807) is 6.92 Å². The third kappa shape index (κ3) is 3.84. The van der Waals surface area contributed by atoms with Crippen LogP contribution in [0.25, 0.3) is 0 Å². The molecular formula is C12H21N3O4. The minimum absolute atomic E-state index is 0.108. The maximum Gasteiger partial charge on any atom is 0.317 e. The summed E-state index contributed by atoms with van der Waals surface area (Å²) in [6, 6.07) is -0.733. The van der Waals surface area contributed by atoms with Crippen molar-refractivity contribution in [1.82, 2.24) is 10.2 Å². The molecule has 0 aromatic carbocycles. The van der Waals surface area contributed by atoms with E-state index < -0.39 is 23.3 Å². The van der Waals surface area contributed by atoms with Crippen LogP contribution < -0.4 is 11.1 Å². The van der Waals surface area contributed by atoms with Crippen molar-refractivity contribution < 1.29 is 19.5 Å². The number of primary amides is 1. The van der Waals surface area contributed by atoms with Crippen LogP contribution in [0.5, 0.6) is 0 Å². The molecule has 1 heterocycles. The van der Waals surface area contributed by atoms with Crippen LogP contribution in [0.15, 0.2) is 0 Å². The molecule has 0 aromatic heterocycles. The Morgan fingerprint density at radius 2 is 2.11 bits per heavy atom. The lowest BCUT2D eigenvalue weighted by Gasteiger charge is -2.23. The number of urea groups is 1. The topological polar surface area (TPSA) is 113 Å². The molecule has 7 nitrogen and oxygen atoms in total. The molecule has 0 aliphatic carbocycles. The van der Waals surface area contributed by atoms with Crippen LogP contribution in [0.4, 0.5) is 4.79 Å². The van der Waals surface area contributed by atoms with Gasteiger partial charge < -0.3 is 21.1 Å². The number of aliphatic carboxylic acids is 1. The molecule has 108 valence electrons. The van der Waals surface area contributed by atoms with Crippen LogP contribution in [-0.4, -0.2) is 47.0 Å². The van der Waals surface area contributed by atoms with Gasteiger partial charge in [0.2, 0.25) is 5.91 Å². The fourth-order valence-electron chi connectivity index (χ4n) is 2.11. The molecule has 0 spiro atoms. The molecule has 3 amide bonds. The summed E-state index contributed by atoms with van der Waals surface area (Å²) in [6.45, 7) is 4.27. The minimum atomic E-state index is -0.949. The van der Waals surface area contributed by atoms with E-state index in [0.717, 1.165) is 0 Å². The highest BCUT2D eigenvalue weighted by molar-refractivity contribution is 5.83. The summed E-state index contributed by atoms with van der Waals surface area (Å²) < 4.78 is 0. The number of nitrogens with zero attached hydrogens (tertiary/aromatic N) is 1. The standard InChI is InChI=1S/C12H21N3O4/c1-3-8(6-9(16)17)14-11(19)15-5-4-12(2,7-15)10(13)18/h8H,3-7H2,1-2H3,(H2,13,18)(H,14,19)(H,16,17). The zero-order chi connectivity index (χ0) is 14.6. The van der Waals surface area contributed by atoms with E-state index in [2.05, 4.69) is 5.32 Å². The van der Waals surface area contributed by atoms with E-state index in [9.17, 15) is 14.4 Å². The molecule has 0 radical (unpaired) electrons. The average Bonchev–Trinajstić information content (AvgIpc) is 2.72. The zero-order valence-electron chi connectivity index (χ0n) is 11.3. The Morgan fingerprint density at radius 1 is 1.47 bits per heavy atom. The first-order valence-corrected chi connectivity index (χ1v) is 6.35. The van der Waals surface area contributed by atoms with Crippen LogP contribution in [0.2, 0.25) is 0 Å². The van der Waals surface area contributed by atoms with E-state index in [-0.39, 0.29) is 19.0 Å². The van der Waals surface area contributed by atoms with Crippen molar-refractivity contribution in [1.29, 1.82) is 0 Å². The lowest BCUT2D eigenvalue weighted by molar-refractivity contribution is -0.137. The summed E-state index contributed by atoms with van der Waals surface area (Å²) >= 11 is 0. The highest BCUT2D eigenvalue weighted by Gasteiger charge is 2.40. The normalized spacial score (nSPS) is 24.0. The number of rotatable bonds is 5. The monoisotopic (exact) mass is 271 g/mol. The van der Waals surface area contributed by atoms with Gasteiger partial charge in [-0.1, -0.05) is 6.92 Å². The van der Waals surface area contributed by atoms with E-state index >= 15 is 0 Å². The van der Waals surface area contributed by atoms with E-state index in [1.165, 1.54) is 4.90 Å². The summed E-state index contributed by atoms with van der Waals surface area (Å²) in [4.78, 5) is 35.4. The number of nitrogens with one attached hydrogen (secondary N) is 1. The predicted octanol–water partition coefficient (Wildman–Crippen LogP) is 0.147. The second-order valence-corrected chi connectivity index (χ2v) is 5.25. The molecule has 1 fully saturated rings. The number of hydrogen-bond acceptors (Lipinski definition) is 3. The Labute approximate surface area is 112 Å². The third-order valence-corrected chi connectivity index (χ3v) is 3.60. The molecule has 1 aliphatic heterocycles. The first kappa shape index (κ1) is 15.3. The molecule has 0 aromatic rings. The molecule has 7 heteroatoms. The molecule has 2 unspecified atom stereocenters. The fraction of sp³-hybridized carbons (Fsp3) is 0.750. The Kier molecular flexibility index (Phi) is 4.74. The summed E-state index contributed by atoms with van der Waals surface area (Å²) in [5, 5.41) is 11.4. The molecule has 0 saturated carbocycles. The smallest absolute Gasteiger partial charge is 0.317 e. The maximum atomic E-state index is 12.0. The van der Waals surface area contributed by atoms with Crippen LogP contribution in [0.3, 0.4) is 0 Å². The molecule has 4 N–H and O–H groups in total. The molecule has 1 rings (SSSR count). The van der Waals surface area contributed by atoms with Gasteiger partial charge in [-0.05, 0) is 19.8 Å². The SMILES string of the molecule is CCC(CC(=O)O)NC(=O)N1CCC(C)(C(N)=O)C1. The van der Waals surface area contributed by atoms with Crippen molar-refractivity contribution in [2.45, 2.75) is 39.2 Å². The lowest BCUT2D eigenvalue weighted by atomic mass is 9.89. The summed E-state index contributed by atoms with van der Waals surface area (Å²) in [5.74, 6) is -1.36. The van der Waals surface area contributed by atoms with Crippen molar-refractivity contribution in [2.24, 2.45) is 11.1 Å². The summed E-state index contributed by atoms with van der Waals surface area (Å²) in [7, 11) is 0. The van der Waals surface area contributed by atoms with Gasteiger partial charge in [0.25, 0.3) is 0 Å². The molecule has 0 bridgehead atoms. The summed E-state index contributed by atoms with van der Waals surface area (Å²) in [5.41, 5.74) is 4.62. The highest BCUT2D eigenvalue weighted by atomic mass is 16.4. The number of amides is 3. The van der Waals surface area contributed by atoms with Crippen LogP contribution >= 0.6 is 0 Å². The highest BCUT2D eigenvalue weighted by Crippen LogP contribution is 2.29. The average molecular weight is 271 g/mol. The van der Waals surface area contributed by atoms with Gasteiger partial charge in [0.1, 0.15) is 0 Å². The molecular weight excluding hydrogens is 250 g/mol. The Morgan fingerprint density at radius 3 is 2.53 bits per heavy atom. The molecule has 1 saturated heterocycles. The van der Waals surface area contributed by atoms with E-state index in [0.29, 0.717) is 19.4 Å². The predicted molar refractivity (Wildman–Crippen MR) is 68.4 cm³/mol. The van der Waals surface area contributed by atoms with Crippen LogP contribution in [0, 0.1) is 5.41 Å². The first-order valence-electron chi connectivity index (χ1n) is 6.35. The Hall–Kier alpha value is -1.79. The van der Waals surface area contributed by atoms with Crippen LogP contribution in [0.1, 0.15) is 33.1 Å². The van der Waals surface area contributed by atoms with E-state index in [1.807, 2.05) is 6.92 Å². The molecule has 19 heavy (non-hydrogen) atoms. The van der Waals surface area contributed by atoms with Crippen LogP contribution in [-0.2, 0) is 9.59 Å². The Bertz CT molecular complexity index is 385. The molecule has 1 aliphatic rings. The number of nitrogens with two attached hydrogens (primary N) is 1. The van der Waals surface area contributed by atoms with Crippen molar-refractivity contribution in [2.75, 3.05) is 13.1 Å². The molecule has 2 atom stereocenters. The zero-order valence-corrected chi connectivity index (χ0v) is 11.3. The number of likely N-dealkylation sites (tertiary alicyclic amines) is 1. The fourth-order valence-corrected chi connectivity index (χ4v) is 2.11. The number of carboxylic acid groups (broad SMARTS) is 1. The number of carbonyl (C=O) groups excluding carboxylic acids is 2. The van der Waals surface area contributed by atoms with Crippen molar-refractivity contribution in [3.05, 3.63) is 0 Å². The van der Waals surface area contributed by atoms with Gasteiger partial charge in [-0.15, -0.1) is 0 Å².